The second-order valence-electron chi connectivity index (χ2n) is 7.61. The first-order valence-corrected chi connectivity index (χ1v) is 10.0. The molecule has 0 spiro atoms. The van der Waals surface area contributed by atoms with Crippen molar-refractivity contribution in [1.82, 2.24) is 29.7 Å². The van der Waals surface area contributed by atoms with Gasteiger partial charge >= 0.3 is 0 Å². The van der Waals surface area contributed by atoms with Crippen LogP contribution in [0.15, 0.2) is 18.6 Å². The SMILES string of the molecule is CCc1nccn1C[C@H](C)C(=O)N1CCc2nc([C@@H]3CCCN3)ncc2C1. The number of amides is 1. The van der Waals surface area contributed by atoms with Gasteiger partial charge in [-0.3, -0.25) is 4.79 Å². The van der Waals surface area contributed by atoms with E-state index in [2.05, 4.69) is 26.8 Å². The van der Waals surface area contributed by atoms with Crippen molar-refractivity contribution in [1.29, 1.82) is 0 Å². The van der Waals surface area contributed by atoms with Crippen LogP contribution in [0.2, 0.25) is 0 Å². The molecule has 27 heavy (non-hydrogen) atoms. The van der Waals surface area contributed by atoms with Crippen molar-refractivity contribution in [3.63, 3.8) is 0 Å². The molecule has 2 aromatic rings. The number of fused-ring (bicyclic) bond motifs is 1. The highest BCUT2D eigenvalue weighted by molar-refractivity contribution is 5.78. The van der Waals surface area contributed by atoms with Crippen LogP contribution in [0.1, 0.15) is 55.6 Å². The Morgan fingerprint density at radius 1 is 1.41 bits per heavy atom. The van der Waals surface area contributed by atoms with Crippen LogP contribution in [0.4, 0.5) is 0 Å². The molecular formula is C20H28N6O. The highest BCUT2D eigenvalue weighted by Gasteiger charge is 2.27. The van der Waals surface area contributed by atoms with E-state index in [0.29, 0.717) is 13.1 Å². The Balaban J connectivity index is 1.41. The van der Waals surface area contributed by atoms with Crippen LogP contribution in [-0.4, -0.2) is 43.4 Å². The largest absolute Gasteiger partial charge is 0.338 e. The molecule has 1 saturated heterocycles. The molecule has 2 aromatic heterocycles. The lowest BCUT2D eigenvalue weighted by Gasteiger charge is -2.30. The Kier molecular flexibility index (Phi) is 5.20. The fourth-order valence-electron chi connectivity index (χ4n) is 4.10. The summed E-state index contributed by atoms with van der Waals surface area (Å²) in [7, 11) is 0. The molecule has 0 radical (unpaired) electrons. The average Bonchev–Trinajstić information content (AvgIpc) is 3.38. The minimum Gasteiger partial charge on any atom is -0.338 e. The van der Waals surface area contributed by atoms with Gasteiger partial charge in [0.25, 0.3) is 0 Å². The number of rotatable bonds is 5. The van der Waals surface area contributed by atoms with Gasteiger partial charge in [-0.15, -0.1) is 0 Å². The topological polar surface area (TPSA) is 75.9 Å². The van der Waals surface area contributed by atoms with Crippen LogP contribution in [-0.2, 0) is 30.7 Å². The molecule has 0 aliphatic carbocycles. The normalized spacial score (nSPS) is 20.5. The van der Waals surface area contributed by atoms with E-state index in [1.165, 1.54) is 6.42 Å². The molecule has 1 N–H and O–H groups in total. The number of imidazole rings is 1. The van der Waals surface area contributed by atoms with Gasteiger partial charge in [0.05, 0.1) is 17.7 Å². The first-order chi connectivity index (χ1) is 13.2. The summed E-state index contributed by atoms with van der Waals surface area (Å²) in [6.45, 7) is 7.15. The monoisotopic (exact) mass is 368 g/mol. The zero-order chi connectivity index (χ0) is 18.8. The summed E-state index contributed by atoms with van der Waals surface area (Å²) in [6, 6.07) is 0.290. The quantitative estimate of drug-likeness (QED) is 0.872. The number of hydrogen-bond donors (Lipinski definition) is 1. The summed E-state index contributed by atoms with van der Waals surface area (Å²) < 4.78 is 2.09. The molecule has 2 aliphatic heterocycles. The van der Waals surface area contributed by atoms with E-state index >= 15 is 0 Å². The van der Waals surface area contributed by atoms with Crippen molar-refractivity contribution in [2.75, 3.05) is 13.1 Å². The van der Waals surface area contributed by atoms with Crippen LogP contribution in [0.25, 0.3) is 0 Å². The fourth-order valence-corrected chi connectivity index (χ4v) is 4.10. The van der Waals surface area contributed by atoms with Crippen LogP contribution in [0, 0.1) is 5.92 Å². The van der Waals surface area contributed by atoms with E-state index in [0.717, 1.165) is 55.3 Å². The Labute approximate surface area is 160 Å². The van der Waals surface area contributed by atoms with E-state index in [-0.39, 0.29) is 17.9 Å². The number of carbonyl (C=O) groups is 1. The van der Waals surface area contributed by atoms with Crippen LogP contribution >= 0.6 is 0 Å². The van der Waals surface area contributed by atoms with Gasteiger partial charge in [0, 0.05) is 56.6 Å². The average molecular weight is 368 g/mol. The molecule has 2 aliphatic rings. The summed E-state index contributed by atoms with van der Waals surface area (Å²) in [4.78, 5) is 28.6. The molecule has 4 rings (SSSR count). The van der Waals surface area contributed by atoms with Crippen molar-refractivity contribution < 1.29 is 4.79 Å². The van der Waals surface area contributed by atoms with Gasteiger partial charge in [0.1, 0.15) is 11.6 Å². The third kappa shape index (κ3) is 3.74. The van der Waals surface area contributed by atoms with Gasteiger partial charge in [-0.05, 0) is 19.4 Å². The molecule has 1 amide bonds. The molecule has 144 valence electrons. The summed E-state index contributed by atoms with van der Waals surface area (Å²) in [5, 5.41) is 3.45. The van der Waals surface area contributed by atoms with E-state index in [1.54, 1.807) is 6.20 Å². The van der Waals surface area contributed by atoms with Crippen molar-refractivity contribution in [2.45, 2.75) is 58.7 Å². The molecule has 0 bridgehead atoms. The third-order valence-corrected chi connectivity index (χ3v) is 5.65. The Hall–Kier alpha value is -2.28. The first-order valence-electron chi connectivity index (χ1n) is 10.0. The predicted molar refractivity (Wildman–Crippen MR) is 102 cm³/mol. The van der Waals surface area contributed by atoms with E-state index < -0.39 is 0 Å². The molecular weight excluding hydrogens is 340 g/mol. The van der Waals surface area contributed by atoms with E-state index in [1.807, 2.05) is 24.2 Å². The number of hydrogen-bond acceptors (Lipinski definition) is 5. The number of aryl methyl sites for hydroxylation is 1. The second kappa shape index (κ2) is 7.76. The van der Waals surface area contributed by atoms with Gasteiger partial charge in [-0.1, -0.05) is 13.8 Å². The van der Waals surface area contributed by atoms with Crippen LogP contribution in [0.3, 0.4) is 0 Å². The maximum Gasteiger partial charge on any atom is 0.227 e. The predicted octanol–water partition coefficient (Wildman–Crippen LogP) is 1.88. The smallest absolute Gasteiger partial charge is 0.227 e. The van der Waals surface area contributed by atoms with Crippen LogP contribution < -0.4 is 5.32 Å². The lowest BCUT2D eigenvalue weighted by atomic mass is 10.0. The lowest BCUT2D eigenvalue weighted by molar-refractivity contribution is -0.136. The lowest BCUT2D eigenvalue weighted by Crippen LogP contribution is -2.40. The summed E-state index contributed by atoms with van der Waals surface area (Å²) >= 11 is 0. The first kappa shape index (κ1) is 18.1. The number of nitrogens with zero attached hydrogens (tertiary/aromatic N) is 5. The van der Waals surface area contributed by atoms with Crippen molar-refractivity contribution >= 4 is 5.91 Å². The standard InChI is InChI=1S/C20H28N6O/c1-3-18-22-8-10-25(18)12-14(2)20(27)26-9-6-16-15(13-26)11-23-19(24-16)17-5-4-7-21-17/h8,10-11,14,17,21H,3-7,9,12-13H2,1-2H3/t14-,17-/m0/s1. The Bertz CT molecular complexity index is 811. The molecule has 4 heterocycles. The molecule has 2 atom stereocenters. The molecule has 7 heteroatoms. The maximum atomic E-state index is 13.0. The summed E-state index contributed by atoms with van der Waals surface area (Å²) in [5.74, 6) is 2.05. The highest BCUT2D eigenvalue weighted by atomic mass is 16.2. The number of nitrogens with one attached hydrogen (secondary N) is 1. The van der Waals surface area contributed by atoms with Crippen molar-refractivity contribution in [3.05, 3.63) is 41.5 Å². The Morgan fingerprint density at radius 3 is 3.07 bits per heavy atom. The summed E-state index contributed by atoms with van der Waals surface area (Å²) in [6.07, 6.45) is 9.66. The number of aromatic nitrogens is 4. The maximum absolute atomic E-state index is 13.0. The number of carbonyl (C=O) groups excluding carboxylic acids is 1. The van der Waals surface area contributed by atoms with Gasteiger partial charge in [-0.25, -0.2) is 15.0 Å². The van der Waals surface area contributed by atoms with Crippen molar-refractivity contribution in [2.24, 2.45) is 5.92 Å². The summed E-state index contributed by atoms with van der Waals surface area (Å²) in [5.41, 5.74) is 2.19. The minimum atomic E-state index is -0.0751. The minimum absolute atomic E-state index is 0.0751. The second-order valence-corrected chi connectivity index (χ2v) is 7.61. The van der Waals surface area contributed by atoms with Gasteiger partial charge < -0.3 is 14.8 Å². The molecule has 0 saturated carbocycles. The molecule has 7 nitrogen and oxygen atoms in total. The third-order valence-electron chi connectivity index (χ3n) is 5.65. The zero-order valence-corrected chi connectivity index (χ0v) is 16.2. The van der Waals surface area contributed by atoms with Gasteiger partial charge in [-0.2, -0.15) is 0 Å². The molecule has 0 aromatic carbocycles. The van der Waals surface area contributed by atoms with Gasteiger partial charge in [0.15, 0.2) is 0 Å². The van der Waals surface area contributed by atoms with Gasteiger partial charge in [0.2, 0.25) is 5.91 Å². The van der Waals surface area contributed by atoms with E-state index in [4.69, 9.17) is 4.98 Å². The Morgan fingerprint density at radius 2 is 2.30 bits per heavy atom. The van der Waals surface area contributed by atoms with E-state index in [9.17, 15) is 4.79 Å². The van der Waals surface area contributed by atoms with Crippen LogP contribution in [0.5, 0.6) is 0 Å². The molecule has 0 unspecified atom stereocenters. The van der Waals surface area contributed by atoms with Crippen molar-refractivity contribution in [3.8, 4) is 0 Å². The fraction of sp³-hybridized carbons (Fsp3) is 0.600. The highest BCUT2D eigenvalue weighted by Crippen LogP contribution is 2.24. The zero-order valence-electron chi connectivity index (χ0n) is 16.2. The molecule has 1 fully saturated rings.